The number of carbonyl (C=O) groups is 1. The highest BCUT2D eigenvalue weighted by atomic mass is 32.1. The first-order valence-corrected chi connectivity index (χ1v) is 8.34. The van der Waals surface area contributed by atoms with Crippen LogP contribution in [0.25, 0.3) is 0 Å². The van der Waals surface area contributed by atoms with Gasteiger partial charge in [0.05, 0.1) is 30.5 Å². The van der Waals surface area contributed by atoms with Crippen LogP contribution in [0.4, 0.5) is 15.7 Å². The molecular weight excluding hydrogens is 314 g/mol. The number of thiophene rings is 1. The molecule has 7 nitrogen and oxygen atoms in total. The van der Waals surface area contributed by atoms with Crippen LogP contribution in [0.1, 0.15) is 11.4 Å². The number of morpholine rings is 1. The largest absolute Gasteiger partial charge is 0.378 e. The van der Waals surface area contributed by atoms with E-state index in [0.717, 1.165) is 29.5 Å². The Bertz CT molecular complexity index is 656. The van der Waals surface area contributed by atoms with E-state index in [9.17, 15) is 4.79 Å². The summed E-state index contributed by atoms with van der Waals surface area (Å²) < 4.78 is 5.35. The zero-order valence-electron chi connectivity index (χ0n) is 12.9. The summed E-state index contributed by atoms with van der Waals surface area (Å²) in [5, 5.41) is 8.33. The highest BCUT2D eigenvalue weighted by molar-refractivity contribution is 7.14. The zero-order valence-corrected chi connectivity index (χ0v) is 13.7. The molecule has 0 aliphatic carbocycles. The smallest absolute Gasteiger partial charge is 0.320 e. The number of aromatic nitrogens is 2. The summed E-state index contributed by atoms with van der Waals surface area (Å²) in [6.07, 6.45) is 0. The van der Waals surface area contributed by atoms with Gasteiger partial charge in [0.2, 0.25) is 5.95 Å². The molecule has 23 heavy (non-hydrogen) atoms. The minimum atomic E-state index is -0.239. The molecule has 122 valence electrons. The van der Waals surface area contributed by atoms with Gasteiger partial charge in [-0.3, -0.25) is 5.32 Å². The summed E-state index contributed by atoms with van der Waals surface area (Å²) in [6.45, 7) is 5.24. The van der Waals surface area contributed by atoms with Crippen molar-refractivity contribution in [3.63, 3.8) is 0 Å². The quantitative estimate of drug-likeness (QED) is 0.895. The molecule has 0 unspecified atom stereocenters. The van der Waals surface area contributed by atoms with E-state index in [2.05, 4.69) is 25.5 Å². The van der Waals surface area contributed by atoms with Gasteiger partial charge < -0.3 is 15.0 Å². The van der Waals surface area contributed by atoms with Crippen molar-refractivity contribution in [3.05, 3.63) is 35.0 Å². The molecule has 1 fully saturated rings. The molecule has 1 saturated heterocycles. The van der Waals surface area contributed by atoms with Gasteiger partial charge in [-0.1, -0.05) is 0 Å². The van der Waals surface area contributed by atoms with Crippen molar-refractivity contribution in [3.8, 4) is 0 Å². The SMILES string of the molecule is Cc1cc(CNC(=O)Nc2cccs2)nc(N2CCOCC2)n1. The van der Waals surface area contributed by atoms with E-state index in [1.54, 1.807) is 0 Å². The van der Waals surface area contributed by atoms with Crippen molar-refractivity contribution in [2.45, 2.75) is 13.5 Å². The van der Waals surface area contributed by atoms with Crippen LogP contribution < -0.4 is 15.5 Å². The molecule has 2 amide bonds. The number of ether oxygens (including phenoxy) is 1. The Labute approximate surface area is 138 Å². The van der Waals surface area contributed by atoms with Crippen LogP contribution in [-0.4, -0.2) is 42.3 Å². The van der Waals surface area contributed by atoms with Gasteiger partial charge in [-0.15, -0.1) is 11.3 Å². The van der Waals surface area contributed by atoms with Crippen LogP contribution in [0.3, 0.4) is 0 Å². The Morgan fingerprint density at radius 2 is 2.22 bits per heavy atom. The molecule has 0 saturated carbocycles. The molecule has 2 aromatic rings. The third kappa shape index (κ3) is 4.40. The summed E-state index contributed by atoms with van der Waals surface area (Å²) in [5.41, 5.74) is 1.68. The Kier molecular flexibility index (Phi) is 5.04. The van der Waals surface area contributed by atoms with Crippen molar-refractivity contribution >= 4 is 28.3 Å². The average Bonchev–Trinajstić information content (AvgIpc) is 3.06. The van der Waals surface area contributed by atoms with Crippen LogP contribution in [0, 0.1) is 6.92 Å². The third-order valence-electron chi connectivity index (χ3n) is 3.38. The molecule has 0 aromatic carbocycles. The molecule has 0 spiro atoms. The van der Waals surface area contributed by atoms with Gasteiger partial charge in [0.15, 0.2) is 0 Å². The number of hydrogen-bond acceptors (Lipinski definition) is 6. The van der Waals surface area contributed by atoms with Gasteiger partial charge in [0, 0.05) is 18.8 Å². The maximum atomic E-state index is 11.9. The van der Waals surface area contributed by atoms with Crippen molar-refractivity contribution in [1.82, 2.24) is 15.3 Å². The summed E-state index contributed by atoms with van der Waals surface area (Å²) >= 11 is 1.48. The van der Waals surface area contributed by atoms with E-state index in [4.69, 9.17) is 4.74 Å². The van der Waals surface area contributed by atoms with Gasteiger partial charge in [-0.05, 0) is 30.5 Å². The molecule has 0 bridgehead atoms. The van der Waals surface area contributed by atoms with Crippen molar-refractivity contribution in [2.75, 3.05) is 36.5 Å². The lowest BCUT2D eigenvalue weighted by atomic mass is 10.3. The first-order valence-electron chi connectivity index (χ1n) is 7.46. The summed E-state index contributed by atoms with van der Waals surface area (Å²) in [7, 11) is 0. The molecule has 2 aromatic heterocycles. The Hall–Kier alpha value is -2.19. The van der Waals surface area contributed by atoms with Crippen LogP contribution in [0.5, 0.6) is 0 Å². The molecule has 1 aliphatic heterocycles. The predicted octanol–water partition coefficient (Wildman–Crippen LogP) is 2.00. The normalized spacial score (nSPS) is 14.6. The zero-order chi connectivity index (χ0) is 16.1. The fraction of sp³-hybridized carbons (Fsp3) is 0.400. The first-order chi connectivity index (χ1) is 11.2. The van der Waals surface area contributed by atoms with Gasteiger partial charge >= 0.3 is 6.03 Å². The molecule has 3 rings (SSSR count). The third-order valence-corrected chi connectivity index (χ3v) is 4.16. The number of aryl methyl sites for hydroxylation is 1. The predicted molar refractivity (Wildman–Crippen MR) is 90.0 cm³/mol. The molecule has 1 aliphatic rings. The number of urea groups is 1. The van der Waals surface area contributed by atoms with E-state index in [0.29, 0.717) is 25.7 Å². The molecule has 0 radical (unpaired) electrons. The molecule has 2 N–H and O–H groups in total. The number of nitrogens with zero attached hydrogens (tertiary/aromatic N) is 3. The van der Waals surface area contributed by atoms with E-state index < -0.39 is 0 Å². The van der Waals surface area contributed by atoms with Gasteiger partial charge in [0.1, 0.15) is 0 Å². The minimum absolute atomic E-state index is 0.239. The topological polar surface area (TPSA) is 79.4 Å². The number of nitrogens with one attached hydrogen (secondary N) is 2. The van der Waals surface area contributed by atoms with Crippen LogP contribution in [-0.2, 0) is 11.3 Å². The molecule has 3 heterocycles. The lowest BCUT2D eigenvalue weighted by molar-refractivity contribution is 0.122. The highest BCUT2D eigenvalue weighted by Crippen LogP contribution is 2.15. The average molecular weight is 333 g/mol. The Morgan fingerprint density at radius 1 is 1.39 bits per heavy atom. The van der Waals surface area contributed by atoms with E-state index >= 15 is 0 Å². The summed E-state index contributed by atoms with van der Waals surface area (Å²) in [6, 6.07) is 5.39. The lowest BCUT2D eigenvalue weighted by Crippen LogP contribution is -2.37. The lowest BCUT2D eigenvalue weighted by Gasteiger charge is -2.27. The van der Waals surface area contributed by atoms with Crippen LogP contribution >= 0.6 is 11.3 Å². The van der Waals surface area contributed by atoms with Crippen molar-refractivity contribution in [2.24, 2.45) is 0 Å². The maximum absolute atomic E-state index is 11.9. The number of carbonyl (C=O) groups excluding carboxylic acids is 1. The van der Waals surface area contributed by atoms with Crippen molar-refractivity contribution < 1.29 is 9.53 Å². The van der Waals surface area contributed by atoms with Gasteiger partial charge in [-0.2, -0.15) is 0 Å². The first kappa shape index (κ1) is 15.7. The second kappa shape index (κ2) is 7.38. The van der Waals surface area contributed by atoms with E-state index in [1.807, 2.05) is 30.5 Å². The minimum Gasteiger partial charge on any atom is -0.378 e. The maximum Gasteiger partial charge on any atom is 0.320 e. The molecule has 0 atom stereocenters. The summed E-state index contributed by atoms with van der Waals surface area (Å²) in [4.78, 5) is 23.0. The second-order valence-electron chi connectivity index (χ2n) is 5.19. The monoisotopic (exact) mass is 333 g/mol. The fourth-order valence-corrected chi connectivity index (χ4v) is 2.90. The number of amides is 2. The second-order valence-corrected chi connectivity index (χ2v) is 6.13. The van der Waals surface area contributed by atoms with Crippen LogP contribution in [0.2, 0.25) is 0 Å². The highest BCUT2D eigenvalue weighted by Gasteiger charge is 2.15. The van der Waals surface area contributed by atoms with Crippen molar-refractivity contribution in [1.29, 1.82) is 0 Å². The molecule has 8 heteroatoms. The van der Waals surface area contributed by atoms with Crippen LogP contribution in [0.15, 0.2) is 23.6 Å². The van der Waals surface area contributed by atoms with E-state index in [-0.39, 0.29) is 6.03 Å². The standard InChI is InChI=1S/C15H19N5O2S/c1-11-9-12(10-16-15(21)19-13-3-2-8-23-13)18-14(17-11)20-4-6-22-7-5-20/h2-3,8-9H,4-7,10H2,1H3,(H2,16,19,21). The number of anilines is 2. The molecular formula is C15H19N5O2S. The summed E-state index contributed by atoms with van der Waals surface area (Å²) in [5.74, 6) is 0.698. The van der Waals surface area contributed by atoms with Gasteiger partial charge in [0.25, 0.3) is 0 Å². The number of rotatable bonds is 4. The Balaban J connectivity index is 1.60. The Morgan fingerprint density at radius 3 is 2.96 bits per heavy atom. The van der Waals surface area contributed by atoms with Gasteiger partial charge in [-0.25, -0.2) is 14.8 Å². The number of hydrogen-bond donors (Lipinski definition) is 2. The van der Waals surface area contributed by atoms with E-state index in [1.165, 1.54) is 11.3 Å². The fourth-order valence-electron chi connectivity index (χ4n) is 2.29.